The molecule has 0 unspecified atom stereocenters. The summed E-state index contributed by atoms with van der Waals surface area (Å²) in [5.74, 6) is -0.170. The zero-order valence-corrected chi connectivity index (χ0v) is 9.70. The molecule has 1 atom stereocenters. The minimum absolute atomic E-state index is 0.170. The fraction of sp³-hybridized carbons (Fsp3) is 0.538. The molecule has 0 amide bonds. The van der Waals surface area contributed by atoms with Crippen molar-refractivity contribution >= 4 is 0 Å². The zero-order chi connectivity index (χ0) is 11.5. The third-order valence-corrected chi connectivity index (χ3v) is 3.47. The van der Waals surface area contributed by atoms with Crippen LogP contribution in [0.3, 0.4) is 0 Å². The first-order valence-electron chi connectivity index (χ1n) is 5.92. The smallest absolute Gasteiger partial charge is 0.123 e. The third kappa shape index (κ3) is 2.60. The van der Waals surface area contributed by atoms with Crippen LogP contribution in [0.4, 0.5) is 4.39 Å². The molecule has 3 heteroatoms. The van der Waals surface area contributed by atoms with Crippen molar-refractivity contribution in [1.82, 2.24) is 4.90 Å². The van der Waals surface area contributed by atoms with Gasteiger partial charge in [-0.25, -0.2) is 4.39 Å². The average molecular weight is 222 g/mol. The van der Waals surface area contributed by atoms with Crippen LogP contribution >= 0.6 is 0 Å². The van der Waals surface area contributed by atoms with E-state index in [9.17, 15) is 4.39 Å². The van der Waals surface area contributed by atoms with Crippen LogP contribution in [-0.4, -0.2) is 24.0 Å². The fourth-order valence-electron chi connectivity index (χ4n) is 2.26. The number of likely N-dealkylation sites (tertiary alicyclic amines) is 1. The first-order chi connectivity index (χ1) is 7.66. The van der Waals surface area contributed by atoms with E-state index in [1.165, 1.54) is 17.7 Å². The van der Waals surface area contributed by atoms with Crippen LogP contribution in [0.2, 0.25) is 0 Å². The van der Waals surface area contributed by atoms with E-state index in [4.69, 9.17) is 5.73 Å². The van der Waals surface area contributed by atoms with Crippen LogP contribution in [0.25, 0.3) is 0 Å². The summed E-state index contributed by atoms with van der Waals surface area (Å²) in [6.45, 7) is 4.25. The van der Waals surface area contributed by atoms with E-state index in [0.717, 1.165) is 25.9 Å². The van der Waals surface area contributed by atoms with Gasteiger partial charge in [0.2, 0.25) is 0 Å². The lowest BCUT2D eigenvalue weighted by molar-refractivity contribution is 0.163. The lowest BCUT2D eigenvalue weighted by atomic mass is 10.0. The minimum Gasteiger partial charge on any atom is -0.328 e. The van der Waals surface area contributed by atoms with Crippen LogP contribution in [-0.2, 0) is 0 Å². The molecule has 0 aromatic heterocycles. The highest BCUT2D eigenvalue weighted by atomic mass is 19.1. The summed E-state index contributed by atoms with van der Waals surface area (Å²) < 4.78 is 12.8. The van der Waals surface area contributed by atoms with Gasteiger partial charge in [-0.15, -0.1) is 0 Å². The maximum Gasteiger partial charge on any atom is 0.123 e. The SMILES string of the molecule is C[C@H](c1ccc(F)cc1)N1CCC(N)CC1. The predicted octanol–water partition coefficient (Wildman–Crippen LogP) is 2.31. The molecule has 2 N–H and O–H groups in total. The molecular weight excluding hydrogens is 203 g/mol. The summed E-state index contributed by atoms with van der Waals surface area (Å²) in [6, 6.07) is 7.51. The molecule has 0 bridgehead atoms. The number of halogens is 1. The number of hydrogen-bond donors (Lipinski definition) is 1. The second kappa shape index (κ2) is 4.93. The minimum atomic E-state index is -0.170. The van der Waals surface area contributed by atoms with Gasteiger partial charge in [0.1, 0.15) is 5.82 Å². The molecule has 1 aliphatic rings. The Morgan fingerprint density at radius 2 is 1.81 bits per heavy atom. The van der Waals surface area contributed by atoms with Crippen molar-refractivity contribution < 1.29 is 4.39 Å². The number of nitrogens with zero attached hydrogens (tertiary/aromatic N) is 1. The van der Waals surface area contributed by atoms with Crippen LogP contribution < -0.4 is 5.73 Å². The number of benzene rings is 1. The Bertz CT molecular complexity index is 328. The molecule has 16 heavy (non-hydrogen) atoms. The van der Waals surface area contributed by atoms with Gasteiger partial charge < -0.3 is 5.73 Å². The summed E-state index contributed by atoms with van der Waals surface area (Å²) >= 11 is 0. The molecule has 1 aromatic rings. The maximum atomic E-state index is 12.8. The summed E-state index contributed by atoms with van der Waals surface area (Å²) in [4.78, 5) is 2.41. The van der Waals surface area contributed by atoms with E-state index in [-0.39, 0.29) is 5.82 Å². The van der Waals surface area contributed by atoms with Gasteiger partial charge in [0.15, 0.2) is 0 Å². The molecular formula is C13H19FN2. The highest BCUT2D eigenvalue weighted by Gasteiger charge is 2.21. The van der Waals surface area contributed by atoms with Gasteiger partial charge in [0.05, 0.1) is 0 Å². The molecule has 0 radical (unpaired) electrons. The highest BCUT2D eigenvalue weighted by molar-refractivity contribution is 5.19. The van der Waals surface area contributed by atoms with Crippen molar-refractivity contribution in [2.75, 3.05) is 13.1 Å². The Kier molecular flexibility index (Phi) is 3.56. The van der Waals surface area contributed by atoms with Gasteiger partial charge in [-0.2, -0.15) is 0 Å². The summed E-state index contributed by atoms with van der Waals surface area (Å²) in [5, 5.41) is 0. The van der Waals surface area contributed by atoms with Crippen molar-refractivity contribution in [2.45, 2.75) is 31.8 Å². The maximum absolute atomic E-state index is 12.8. The number of piperidine rings is 1. The molecule has 2 nitrogen and oxygen atoms in total. The largest absolute Gasteiger partial charge is 0.328 e. The van der Waals surface area contributed by atoms with E-state index in [1.54, 1.807) is 0 Å². The lowest BCUT2D eigenvalue weighted by Crippen LogP contribution is -2.40. The monoisotopic (exact) mass is 222 g/mol. The number of hydrogen-bond acceptors (Lipinski definition) is 2. The predicted molar refractivity (Wildman–Crippen MR) is 63.6 cm³/mol. The molecule has 88 valence electrons. The van der Waals surface area contributed by atoms with E-state index < -0.39 is 0 Å². The van der Waals surface area contributed by atoms with Crippen LogP contribution in [0.1, 0.15) is 31.4 Å². The quantitative estimate of drug-likeness (QED) is 0.832. The molecule has 1 saturated heterocycles. The van der Waals surface area contributed by atoms with Crippen LogP contribution in [0, 0.1) is 5.82 Å². The van der Waals surface area contributed by atoms with Crippen molar-refractivity contribution in [2.24, 2.45) is 5.73 Å². The Hall–Kier alpha value is -0.930. The second-order valence-electron chi connectivity index (χ2n) is 4.60. The topological polar surface area (TPSA) is 29.3 Å². The average Bonchev–Trinajstić information content (AvgIpc) is 2.30. The molecule has 2 rings (SSSR count). The third-order valence-electron chi connectivity index (χ3n) is 3.47. The second-order valence-corrected chi connectivity index (χ2v) is 4.60. The Labute approximate surface area is 96.2 Å². The van der Waals surface area contributed by atoms with E-state index in [2.05, 4.69) is 11.8 Å². The molecule has 1 aliphatic heterocycles. The van der Waals surface area contributed by atoms with Gasteiger partial charge >= 0.3 is 0 Å². The summed E-state index contributed by atoms with van der Waals surface area (Å²) in [6.07, 6.45) is 2.12. The zero-order valence-electron chi connectivity index (χ0n) is 9.70. The Morgan fingerprint density at radius 3 is 2.38 bits per heavy atom. The summed E-state index contributed by atoms with van der Waals surface area (Å²) in [5.41, 5.74) is 7.06. The number of nitrogens with two attached hydrogens (primary N) is 1. The molecule has 1 aromatic carbocycles. The standard InChI is InChI=1S/C13H19FN2/c1-10(11-2-4-12(14)5-3-11)16-8-6-13(15)7-9-16/h2-5,10,13H,6-9,15H2,1H3/t10-/m1/s1. The first-order valence-corrected chi connectivity index (χ1v) is 5.92. The molecule has 1 fully saturated rings. The molecule has 1 heterocycles. The first kappa shape index (κ1) is 11.6. The molecule has 0 saturated carbocycles. The highest BCUT2D eigenvalue weighted by Crippen LogP contribution is 2.23. The van der Waals surface area contributed by atoms with Crippen LogP contribution in [0.15, 0.2) is 24.3 Å². The van der Waals surface area contributed by atoms with E-state index >= 15 is 0 Å². The van der Waals surface area contributed by atoms with Crippen molar-refractivity contribution in [3.8, 4) is 0 Å². The Balaban J connectivity index is 2.01. The van der Waals surface area contributed by atoms with Crippen molar-refractivity contribution in [1.29, 1.82) is 0 Å². The lowest BCUT2D eigenvalue weighted by Gasteiger charge is -2.35. The van der Waals surface area contributed by atoms with Crippen LogP contribution in [0.5, 0.6) is 0 Å². The van der Waals surface area contributed by atoms with Gasteiger partial charge in [0, 0.05) is 25.2 Å². The molecule has 0 aliphatic carbocycles. The normalized spacial score (nSPS) is 20.9. The van der Waals surface area contributed by atoms with Crippen molar-refractivity contribution in [3.05, 3.63) is 35.6 Å². The van der Waals surface area contributed by atoms with Gasteiger partial charge in [0.25, 0.3) is 0 Å². The van der Waals surface area contributed by atoms with E-state index in [1.807, 2.05) is 12.1 Å². The van der Waals surface area contributed by atoms with Crippen molar-refractivity contribution in [3.63, 3.8) is 0 Å². The molecule has 0 spiro atoms. The van der Waals surface area contributed by atoms with Gasteiger partial charge in [-0.3, -0.25) is 4.90 Å². The summed E-state index contributed by atoms with van der Waals surface area (Å²) in [7, 11) is 0. The fourth-order valence-corrected chi connectivity index (χ4v) is 2.26. The van der Waals surface area contributed by atoms with Gasteiger partial charge in [-0.05, 0) is 37.5 Å². The van der Waals surface area contributed by atoms with E-state index in [0.29, 0.717) is 12.1 Å². The number of rotatable bonds is 2. The van der Waals surface area contributed by atoms with Gasteiger partial charge in [-0.1, -0.05) is 12.1 Å². The Morgan fingerprint density at radius 1 is 1.25 bits per heavy atom.